The lowest BCUT2D eigenvalue weighted by Crippen LogP contribution is -2.36. The fraction of sp³-hybridized carbons (Fsp3) is 0.350. The maximum Gasteiger partial charge on any atom is 0.416 e. The maximum absolute atomic E-state index is 13.0. The van der Waals surface area contributed by atoms with Crippen LogP contribution in [0.1, 0.15) is 42.0 Å². The van der Waals surface area contributed by atoms with Gasteiger partial charge in [-0.05, 0) is 71.6 Å². The number of alkyl halides is 3. The second-order valence-electron chi connectivity index (χ2n) is 7.24. The highest BCUT2D eigenvalue weighted by atomic mass is 19.4. The molecule has 2 N–H and O–H groups in total. The molecule has 1 fully saturated rings. The smallest absolute Gasteiger partial charge is 0.416 e. The Morgan fingerprint density at radius 1 is 1.08 bits per heavy atom. The van der Waals surface area contributed by atoms with Crippen LogP contribution in [0.25, 0.3) is 11.1 Å². The maximum atomic E-state index is 13.0. The molecule has 26 heavy (non-hydrogen) atoms. The Hall–Kier alpha value is -2.50. The molecule has 0 saturated heterocycles. The van der Waals surface area contributed by atoms with Crippen molar-refractivity contribution < 1.29 is 23.1 Å². The fourth-order valence-corrected chi connectivity index (χ4v) is 4.06. The zero-order valence-electron chi connectivity index (χ0n) is 13.9. The van der Waals surface area contributed by atoms with Crippen molar-refractivity contribution >= 4 is 6.09 Å². The predicted molar refractivity (Wildman–Crippen MR) is 90.8 cm³/mol. The Kier molecular flexibility index (Phi) is 3.75. The third-order valence-corrected chi connectivity index (χ3v) is 5.64. The van der Waals surface area contributed by atoms with E-state index in [1.165, 1.54) is 6.07 Å². The molecule has 1 atom stereocenters. The molecule has 0 aromatic heterocycles. The molecular formula is C20H18F3NO2. The van der Waals surface area contributed by atoms with Gasteiger partial charge in [-0.2, -0.15) is 13.2 Å². The van der Waals surface area contributed by atoms with Crippen molar-refractivity contribution in [2.45, 2.75) is 37.9 Å². The summed E-state index contributed by atoms with van der Waals surface area (Å²) in [7, 11) is 0. The quantitative estimate of drug-likeness (QED) is 0.752. The first-order valence-electron chi connectivity index (χ1n) is 8.58. The molecule has 2 aliphatic rings. The molecule has 2 aliphatic carbocycles. The van der Waals surface area contributed by atoms with Crippen molar-refractivity contribution in [2.24, 2.45) is 5.41 Å². The highest BCUT2D eigenvalue weighted by molar-refractivity contribution is 5.69. The van der Waals surface area contributed by atoms with Crippen molar-refractivity contribution in [1.29, 1.82) is 0 Å². The van der Waals surface area contributed by atoms with Gasteiger partial charge in [-0.3, -0.25) is 0 Å². The largest absolute Gasteiger partial charge is 0.465 e. The van der Waals surface area contributed by atoms with E-state index < -0.39 is 17.8 Å². The zero-order valence-corrected chi connectivity index (χ0v) is 13.9. The molecule has 136 valence electrons. The lowest BCUT2D eigenvalue weighted by Gasteiger charge is -2.34. The predicted octanol–water partition coefficient (Wildman–Crippen LogP) is 5.41. The number of hydrogen-bond acceptors (Lipinski definition) is 1. The molecule has 2 aromatic rings. The number of carbonyl (C=O) groups is 1. The minimum absolute atomic E-state index is 0.0299. The summed E-state index contributed by atoms with van der Waals surface area (Å²) < 4.78 is 39.0. The number of carboxylic acid groups (broad SMARTS) is 1. The van der Waals surface area contributed by atoms with E-state index in [0.717, 1.165) is 48.9 Å². The van der Waals surface area contributed by atoms with Gasteiger partial charge < -0.3 is 10.4 Å². The SMILES string of the molecule is O=C(O)NC1c2cc(-c3cccc(C(F)(F)F)c3)ccc2CCC12CC2. The first kappa shape index (κ1) is 16.9. The summed E-state index contributed by atoms with van der Waals surface area (Å²) in [6.45, 7) is 0. The lowest BCUT2D eigenvalue weighted by molar-refractivity contribution is -0.137. The standard InChI is InChI=1S/C20H18F3NO2/c21-20(22,23)15-3-1-2-13(10-15)14-5-4-12-6-7-19(8-9-19)17(16(12)11-14)24-18(25)26/h1-5,10-11,17,24H,6-9H2,(H,25,26). The second kappa shape index (κ2) is 5.76. The normalized spacial score (nSPS) is 20.5. The lowest BCUT2D eigenvalue weighted by atomic mass is 9.76. The van der Waals surface area contributed by atoms with Crippen LogP contribution in [0.15, 0.2) is 42.5 Å². The average molecular weight is 361 g/mol. The molecule has 1 amide bonds. The van der Waals surface area contributed by atoms with Crippen LogP contribution < -0.4 is 5.32 Å². The van der Waals surface area contributed by atoms with Crippen LogP contribution in [-0.4, -0.2) is 11.2 Å². The number of benzene rings is 2. The van der Waals surface area contributed by atoms with Crippen molar-refractivity contribution in [1.82, 2.24) is 5.32 Å². The van der Waals surface area contributed by atoms with Crippen molar-refractivity contribution in [3.05, 3.63) is 59.2 Å². The van der Waals surface area contributed by atoms with E-state index in [4.69, 9.17) is 0 Å². The third-order valence-electron chi connectivity index (χ3n) is 5.64. The van der Waals surface area contributed by atoms with E-state index in [2.05, 4.69) is 5.32 Å². The number of hydrogen-bond donors (Lipinski definition) is 2. The number of aryl methyl sites for hydroxylation is 1. The fourth-order valence-electron chi connectivity index (χ4n) is 4.06. The van der Waals surface area contributed by atoms with Crippen LogP contribution in [-0.2, 0) is 12.6 Å². The van der Waals surface area contributed by atoms with Gasteiger partial charge >= 0.3 is 12.3 Å². The van der Waals surface area contributed by atoms with Crippen molar-refractivity contribution in [3.63, 3.8) is 0 Å². The highest BCUT2D eigenvalue weighted by Crippen LogP contribution is 2.61. The van der Waals surface area contributed by atoms with Gasteiger partial charge in [0.25, 0.3) is 0 Å². The van der Waals surface area contributed by atoms with Crippen LogP contribution >= 0.6 is 0 Å². The highest BCUT2D eigenvalue weighted by Gasteiger charge is 2.52. The molecule has 1 saturated carbocycles. The minimum Gasteiger partial charge on any atom is -0.465 e. The van der Waals surface area contributed by atoms with Gasteiger partial charge in [-0.25, -0.2) is 4.79 Å². The summed E-state index contributed by atoms with van der Waals surface area (Å²) in [5, 5.41) is 11.9. The van der Waals surface area contributed by atoms with Gasteiger partial charge in [0, 0.05) is 0 Å². The van der Waals surface area contributed by atoms with Crippen LogP contribution in [0.4, 0.5) is 18.0 Å². The Morgan fingerprint density at radius 3 is 2.46 bits per heavy atom. The van der Waals surface area contributed by atoms with Gasteiger partial charge in [0.1, 0.15) is 0 Å². The number of rotatable bonds is 2. The van der Waals surface area contributed by atoms with E-state index in [9.17, 15) is 23.1 Å². The Balaban J connectivity index is 1.76. The molecule has 4 rings (SSSR count). The average Bonchev–Trinajstić information content (AvgIpc) is 3.37. The summed E-state index contributed by atoms with van der Waals surface area (Å²) >= 11 is 0. The summed E-state index contributed by atoms with van der Waals surface area (Å²) in [4.78, 5) is 11.3. The Bertz CT molecular complexity index is 872. The molecule has 2 aromatic carbocycles. The van der Waals surface area contributed by atoms with Gasteiger partial charge in [-0.15, -0.1) is 0 Å². The number of amides is 1. The van der Waals surface area contributed by atoms with E-state index in [0.29, 0.717) is 11.1 Å². The molecule has 1 unspecified atom stereocenters. The topological polar surface area (TPSA) is 49.3 Å². The van der Waals surface area contributed by atoms with Crippen LogP contribution in [0.5, 0.6) is 0 Å². The summed E-state index contributed by atoms with van der Waals surface area (Å²) in [5.74, 6) is 0. The van der Waals surface area contributed by atoms with Crippen molar-refractivity contribution in [3.8, 4) is 11.1 Å². The van der Waals surface area contributed by atoms with Crippen molar-refractivity contribution in [2.75, 3.05) is 0 Å². The van der Waals surface area contributed by atoms with Crippen LogP contribution in [0, 0.1) is 5.41 Å². The number of fused-ring (bicyclic) bond motifs is 1. The summed E-state index contributed by atoms with van der Waals surface area (Å²) in [6.07, 6.45) is -1.70. The van der Waals surface area contributed by atoms with Crippen LogP contribution in [0.2, 0.25) is 0 Å². The van der Waals surface area contributed by atoms with Gasteiger partial charge in [0.05, 0.1) is 11.6 Å². The molecule has 0 radical (unpaired) electrons. The third kappa shape index (κ3) is 2.93. The van der Waals surface area contributed by atoms with E-state index in [1.807, 2.05) is 18.2 Å². The molecule has 0 aliphatic heterocycles. The van der Waals surface area contributed by atoms with Gasteiger partial charge in [0.15, 0.2) is 0 Å². The van der Waals surface area contributed by atoms with E-state index >= 15 is 0 Å². The molecule has 0 heterocycles. The van der Waals surface area contributed by atoms with E-state index in [1.54, 1.807) is 6.07 Å². The summed E-state index contributed by atoms with van der Waals surface area (Å²) in [5.41, 5.74) is 2.39. The van der Waals surface area contributed by atoms with Crippen LogP contribution in [0.3, 0.4) is 0 Å². The Morgan fingerprint density at radius 2 is 1.81 bits per heavy atom. The van der Waals surface area contributed by atoms with Gasteiger partial charge in [0.2, 0.25) is 0 Å². The first-order valence-corrected chi connectivity index (χ1v) is 8.58. The zero-order chi connectivity index (χ0) is 18.5. The molecular weight excluding hydrogens is 343 g/mol. The Labute approximate surface area is 148 Å². The second-order valence-corrected chi connectivity index (χ2v) is 7.24. The molecule has 3 nitrogen and oxygen atoms in total. The molecule has 1 spiro atoms. The number of halogens is 3. The first-order chi connectivity index (χ1) is 12.3. The minimum atomic E-state index is -4.39. The van der Waals surface area contributed by atoms with Gasteiger partial charge in [-0.1, -0.05) is 24.3 Å². The van der Waals surface area contributed by atoms with E-state index in [-0.39, 0.29) is 11.5 Å². The molecule has 0 bridgehead atoms. The number of nitrogens with one attached hydrogen (secondary N) is 1. The monoisotopic (exact) mass is 361 g/mol. The summed E-state index contributed by atoms with van der Waals surface area (Å²) in [6, 6.07) is 10.5. The molecule has 6 heteroatoms.